The van der Waals surface area contributed by atoms with E-state index in [-0.39, 0.29) is 0 Å². The minimum Gasteiger partial charge on any atom is -0.309 e. The average Bonchev–Trinajstić information content (AvgIpc) is 1.58. The van der Waals surface area contributed by atoms with Gasteiger partial charge < -0.3 is 18.3 Å². The molecule has 604 valence electrons. The second-order valence-corrected chi connectivity index (χ2v) is 39.2. The predicted molar refractivity (Wildman–Crippen MR) is 539 cm³/mol. The van der Waals surface area contributed by atoms with Gasteiger partial charge in [0, 0.05) is 99.2 Å². The van der Waals surface area contributed by atoms with Gasteiger partial charge in [0.05, 0.1) is 75.0 Å². The minimum absolute atomic E-state index is 0.707. The first-order valence-electron chi connectivity index (χ1n) is 43.8. The van der Waals surface area contributed by atoms with E-state index in [0.29, 0.717) is 11.6 Å². The summed E-state index contributed by atoms with van der Waals surface area (Å²) in [4.78, 5) is 20.2. The smallest absolute Gasteiger partial charge is 0.160 e. The van der Waals surface area contributed by atoms with E-state index in [2.05, 4.69) is 444 Å². The highest BCUT2D eigenvalue weighted by atomic mass is 28.3. The van der Waals surface area contributed by atoms with Gasteiger partial charge in [-0.05, 0) is 154 Å². The van der Waals surface area contributed by atoms with Crippen LogP contribution in [0, 0.1) is 0 Å². The fraction of sp³-hybridized carbons (Fsp3) is 0.0252. The zero-order valence-electron chi connectivity index (χ0n) is 70.9. The van der Waals surface area contributed by atoms with Gasteiger partial charge in [-0.25, -0.2) is 19.9 Å². The molecule has 0 saturated heterocycles. The van der Waals surface area contributed by atoms with E-state index < -0.39 is 8.07 Å². The maximum Gasteiger partial charge on any atom is 0.160 e. The maximum absolute atomic E-state index is 5.11. The molecule has 0 aliphatic rings. The van der Waals surface area contributed by atoms with E-state index in [9.17, 15) is 0 Å². The van der Waals surface area contributed by atoms with Crippen molar-refractivity contribution in [3.05, 3.63) is 455 Å². The molecular formula is C119H84N8Si. The number of aromatic nitrogens is 8. The van der Waals surface area contributed by atoms with E-state index in [1.165, 1.54) is 126 Å². The van der Waals surface area contributed by atoms with Gasteiger partial charge in [0.1, 0.15) is 0 Å². The molecule has 8 nitrogen and oxygen atoms in total. The Morgan fingerprint density at radius 2 is 0.352 bits per heavy atom. The topological polar surface area (TPSA) is 71.3 Å². The summed E-state index contributed by atoms with van der Waals surface area (Å²) in [6, 6.07) is 163. The maximum atomic E-state index is 5.11. The van der Waals surface area contributed by atoms with Crippen molar-refractivity contribution < 1.29 is 0 Å². The first-order valence-corrected chi connectivity index (χ1v) is 47.3. The number of benzene rings is 18. The highest BCUT2D eigenvalue weighted by Crippen LogP contribution is 2.44. The zero-order valence-corrected chi connectivity index (χ0v) is 71.9. The minimum atomic E-state index is -1.43. The molecule has 0 saturated carbocycles. The summed E-state index contributed by atoms with van der Waals surface area (Å²) in [5.74, 6) is 1.42. The Labute approximate surface area is 743 Å². The highest BCUT2D eigenvalue weighted by Gasteiger charge is 2.23. The van der Waals surface area contributed by atoms with Crippen LogP contribution in [-0.2, 0) is 0 Å². The van der Waals surface area contributed by atoms with Crippen LogP contribution in [-0.4, -0.2) is 46.3 Å². The Morgan fingerprint density at radius 3 is 0.625 bits per heavy atom. The molecule has 0 amide bonds. The summed E-state index contributed by atoms with van der Waals surface area (Å²) in [6.07, 6.45) is 0. The molecular weight excluding hydrogens is 1570 g/mol. The third-order valence-corrected chi connectivity index (χ3v) is 27.4. The summed E-state index contributed by atoms with van der Waals surface area (Å²) in [7, 11) is -1.43. The Bertz CT molecular complexity index is 8210. The quantitative estimate of drug-likeness (QED) is 0.0959. The third-order valence-electron chi connectivity index (χ3n) is 25.3. The van der Waals surface area contributed by atoms with Crippen LogP contribution in [0.15, 0.2) is 455 Å². The lowest BCUT2D eigenvalue weighted by Crippen LogP contribution is -2.37. The van der Waals surface area contributed by atoms with Gasteiger partial charge in [-0.1, -0.05) is 371 Å². The molecule has 6 aromatic heterocycles. The number of hydrogen-bond donors (Lipinski definition) is 0. The summed E-state index contributed by atoms with van der Waals surface area (Å²) in [5, 5.41) is 11.4. The van der Waals surface area contributed by atoms with Gasteiger partial charge in [0.25, 0.3) is 0 Å². The van der Waals surface area contributed by atoms with Gasteiger partial charge in [-0.2, -0.15) is 0 Å². The fourth-order valence-corrected chi connectivity index (χ4v) is 20.0. The van der Waals surface area contributed by atoms with Crippen LogP contribution in [0.4, 0.5) is 0 Å². The Hall–Kier alpha value is -16.5. The zero-order chi connectivity index (χ0) is 85.3. The van der Waals surface area contributed by atoms with Gasteiger partial charge >= 0.3 is 0 Å². The molecule has 0 N–H and O–H groups in total. The molecule has 0 aliphatic carbocycles. The van der Waals surface area contributed by atoms with Crippen molar-refractivity contribution in [2.45, 2.75) is 19.6 Å². The van der Waals surface area contributed by atoms with Gasteiger partial charge in [0.15, 0.2) is 11.6 Å². The second kappa shape index (κ2) is 32.0. The molecule has 0 spiro atoms. The number of fused-ring (bicyclic) bond motifs is 12. The molecule has 0 radical (unpaired) electrons. The van der Waals surface area contributed by atoms with Gasteiger partial charge in [-0.15, -0.1) is 0 Å². The van der Waals surface area contributed by atoms with Crippen LogP contribution >= 0.6 is 0 Å². The average molecular weight is 1650 g/mol. The van der Waals surface area contributed by atoms with Crippen molar-refractivity contribution >= 4 is 100 Å². The number of para-hydroxylation sites is 4. The summed E-state index contributed by atoms with van der Waals surface area (Å²) in [5.41, 5.74) is 33.2. The molecule has 0 bridgehead atoms. The Balaban J connectivity index is 0.000000148. The predicted octanol–water partition coefficient (Wildman–Crippen LogP) is 30.6. The normalized spacial score (nSPS) is 11.7. The molecule has 0 aliphatic heterocycles. The van der Waals surface area contributed by atoms with Crippen molar-refractivity contribution in [1.82, 2.24) is 38.2 Å². The van der Waals surface area contributed by atoms with Crippen LogP contribution < -0.4 is 5.19 Å². The van der Waals surface area contributed by atoms with Gasteiger partial charge in [-0.3, -0.25) is 0 Å². The number of nitrogens with zero attached hydrogens (tertiary/aromatic N) is 8. The summed E-state index contributed by atoms with van der Waals surface area (Å²) >= 11 is 0. The van der Waals surface area contributed by atoms with E-state index in [4.69, 9.17) is 19.9 Å². The van der Waals surface area contributed by atoms with Crippen LogP contribution in [0.3, 0.4) is 0 Å². The van der Waals surface area contributed by atoms with E-state index in [1.54, 1.807) is 0 Å². The number of hydrogen-bond acceptors (Lipinski definition) is 4. The molecule has 0 unspecified atom stereocenters. The monoisotopic (exact) mass is 1650 g/mol. The second-order valence-electron chi connectivity index (χ2n) is 34.1. The molecule has 18 aromatic carbocycles. The van der Waals surface area contributed by atoms with Crippen molar-refractivity contribution in [1.29, 1.82) is 0 Å². The van der Waals surface area contributed by atoms with Crippen molar-refractivity contribution in [3.8, 4) is 135 Å². The van der Waals surface area contributed by atoms with Crippen LogP contribution in [0.5, 0.6) is 0 Å². The van der Waals surface area contributed by atoms with Crippen LogP contribution in [0.1, 0.15) is 0 Å². The SMILES string of the molecule is C[Si](C)(C)c1ccc(-n2c3ccccc3c3ccc(-c4ccc5c6ccccc6n(-c6ccc(-c7cc(-c8ccccc8)nc(-c8ccccc8)n7)cc6)c5c4)cc32)cc1.c1ccc(-c2ccc(-c3ccc(-n4c5ccccc5c5ccc(-c6ccc7c8ccccc8n(-c8ccc(-c9cc(-c%10ccccc%10)nc(-c%10ccccc%10)n9)cc8)c7c6)cc54)cc3)cc2)cc1. The molecule has 6 heterocycles. The molecule has 0 atom stereocenters. The van der Waals surface area contributed by atoms with Crippen LogP contribution in [0.2, 0.25) is 19.6 Å². The van der Waals surface area contributed by atoms with Crippen molar-refractivity contribution in [2.24, 2.45) is 0 Å². The number of rotatable bonds is 15. The van der Waals surface area contributed by atoms with Crippen molar-refractivity contribution in [3.63, 3.8) is 0 Å². The molecule has 24 aromatic rings. The molecule has 128 heavy (non-hydrogen) atoms. The molecule has 9 heteroatoms. The van der Waals surface area contributed by atoms with E-state index in [0.717, 1.165) is 89.9 Å². The molecule has 0 fully saturated rings. The lowest BCUT2D eigenvalue weighted by molar-refractivity contribution is 1.17. The fourth-order valence-electron chi connectivity index (χ4n) is 18.8. The summed E-state index contributed by atoms with van der Waals surface area (Å²) < 4.78 is 9.65. The first-order chi connectivity index (χ1) is 63.1. The van der Waals surface area contributed by atoms with E-state index >= 15 is 0 Å². The summed E-state index contributed by atoms with van der Waals surface area (Å²) in [6.45, 7) is 7.22. The first kappa shape index (κ1) is 76.4. The lowest BCUT2D eigenvalue weighted by Gasteiger charge is -2.17. The Morgan fingerprint density at radius 1 is 0.156 bits per heavy atom. The van der Waals surface area contributed by atoms with Gasteiger partial charge in [0.2, 0.25) is 0 Å². The van der Waals surface area contributed by atoms with Crippen LogP contribution in [0.25, 0.3) is 222 Å². The van der Waals surface area contributed by atoms with Crippen molar-refractivity contribution in [2.75, 3.05) is 0 Å². The Kier molecular flexibility index (Phi) is 19.1. The van der Waals surface area contributed by atoms with E-state index in [1.807, 2.05) is 48.5 Å². The third kappa shape index (κ3) is 14.0. The highest BCUT2D eigenvalue weighted by molar-refractivity contribution is 6.88. The lowest BCUT2D eigenvalue weighted by atomic mass is 10.00. The largest absolute Gasteiger partial charge is 0.309 e. The molecule has 24 rings (SSSR count). The standard InChI is InChI=1S/C64H42N4.C55H42N4Si/c1-4-14-43(15-5-1)44-24-26-45(27-25-44)46-28-34-52(35-29-46)67-60-22-12-10-20-54(60)56-38-32-50(40-62(56)67)51-33-39-57-55-21-11-13-23-61(55)68(63(57)41-51)53-36-30-48(31-37-53)59-42-58(47-16-6-2-7-17-47)65-64(66-59)49-18-8-3-9-19-49;1-60(2,3)44-30-28-43(29-31-44)59-52-21-13-11-19-46(52)48-33-25-41(35-54(48)59)40-24-32-47-45-18-10-12-20-51(45)58(53(47)34-40)42-26-22-38(23-27-42)50-36-49(37-14-6-4-7-15-37)56-55(57-50)39-16-8-5-9-17-39/h1-42H;4-36H,1-3H3.